The number of hydrogen-bond acceptors (Lipinski definition) is 1. The third-order valence-corrected chi connectivity index (χ3v) is 0. The van der Waals surface area contributed by atoms with Crippen LogP contribution in [0.25, 0.3) is 0 Å². The quantitative estimate of drug-likeness (QED) is 0.528. The molecule has 0 aromatic rings. The van der Waals surface area contributed by atoms with Crippen molar-refractivity contribution in [3.63, 3.8) is 0 Å². The maximum Gasteiger partial charge on any atom is 0.251 e. The Morgan fingerprint density at radius 2 is 1.25 bits per heavy atom. The van der Waals surface area contributed by atoms with E-state index >= 15 is 0 Å². The van der Waals surface area contributed by atoms with Crippen molar-refractivity contribution in [3.8, 4) is 0 Å². The Hall–Kier alpha value is 0.782. The molecule has 0 aliphatic rings. The Labute approximate surface area is 63.4 Å². The fraction of sp³-hybridized carbons (Fsp3) is 1.00. The molecule has 0 rings (SSSR count). The molecule has 0 amide bonds. The second-order valence-electron chi connectivity index (χ2n) is 2.14. The molecule has 0 heterocycles. The van der Waals surface area contributed by atoms with Gasteiger partial charge in [0.1, 0.15) is 0 Å². The van der Waals surface area contributed by atoms with Crippen molar-refractivity contribution in [1.82, 2.24) is 0 Å². The second kappa shape index (κ2) is 15.7. The Balaban J connectivity index is -0.0000000575. The van der Waals surface area contributed by atoms with E-state index in [0.717, 1.165) is 6.54 Å². The Kier molecular flexibility index (Phi) is 31.1. The lowest BCUT2D eigenvalue weighted by Gasteiger charge is -1.67. The van der Waals surface area contributed by atoms with Gasteiger partial charge < -0.3 is 5.73 Å². The third-order valence-electron chi connectivity index (χ3n) is 0. The Morgan fingerprint density at radius 1 is 1.25 bits per heavy atom. The molecule has 0 aliphatic heterocycles. The van der Waals surface area contributed by atoms with Gasteiger partial charge in [0.2, 0.25) is 0 Å². The summed E-state index contributed by atoms with van der Waals surface area (Å²) < 4.78 is 0. The molecule has 0 unspecified atom stereocenters. The molecule has 0 aromatic heterocycles. The van der Waals surface area contributed by atoms with Gasteiger partial charge in [0.15, 0.2) is 0 Å². The van der Waals surface area contributed by atoms with Crippen LogP contribution in [0.4, 0.5) is 0 Å². The van der Waals surface area contributed by atoms with E-state index in [1.807, 2.05) is 6.92 Å². The van der Waals surface area contributed by atoms with Crippen LogP contribution in [0.15, 0.2) is 0 Å². The van der Waals surface area contributed by atoms with Gasteiger partial charge in [-0.15, -0.1) is 29.8 Å². The van der Waals surface area contributed by atoms with Crippen LogP contribution in [-0.4, -0.2) is 20.7 Å². The van der Waals surface area contributed by atoms with Crippen molar-refractivity contribution in [2.24, 2.45) is 5.73 Å². The lowest BCUT2D eigenvalue weighted by molar-refractivity contribution is 1.14. The minimum atomic E-state index is -0.139. The van der Waals surface area contributed by atoms with E-state index < -0.39 is 0 Å². The first-order valence-corrected chi connectivity index (χ1v) is 6.31. The topological polar surface area (TPSA) is 26.0 Å². The van der Waals surface area contributed by atoms with Crippen molar-refractivity contribution >= 4 is 26.6 Å². The predicted octanol–water partition coefficient (Wildman–Crippen LogP) is 1.76. The van der Waals surface area contributed by atoms with Crippen LogP contribution in [0.2, 0.25) is 17.4 Å². The van der Waals surface area contributed by atoms with Gasteiger partial charge in [0.05, 0.1) is 0 Å². The van der Waals surface area contributed by atoms with Crippen LogP contribution in [0.5, 0.6) is 0 Å². The smallest absolute Gasteiger partial charge is 0.251 e. The minimum absolute atomic E-state index is 0. The largest absolute Gasteiger partial charge is 0.331 e. The minimum Gasteiger partial charge on any atom is -0.331 e. The van der Waals surface area contributed by atoms with Gasteiger partial charge in [-0.25, -0.2) is 0 Å². The highest BCUT2D eigenvalue weighted by molar-refractivity contribution is 6.54. The second-order valence-corrected chi connectivity index (χ2v) is 5.60. The van der Waals surface area contributed by atoms with Gasteiger partial charge in [-0.2, -0.15) is 0 Å². The van der Waals surface area contributed by atoms with Crippen molar-refractivity contribution in [2.45, 2.75) is 24.3 Å². The van der Waals surface area contributed by atoms with Crippen LogP contribution in [0.1, 0.15) is 6.92 Å². The highest BCUT2D eigenvalue weighted by Gasteiger charge is 1.81. The highest BCUT2D eigenvalue weighted by atomic mass is 35.5. The molecule has 0 bridgehead atoms. The molecule has 0 spiro atoms. The summed E-state index contributed by atoms with van der Waals surface area (Å²) in [6.45, 7) is 2.65. The molecule has 0 radical (unpaired) electrons. The van der Waals surface area contributed by atoms with Gasteiger partial charge in [-0.1, -0.05) is 6.92 Å². The van der Waals surface area contributed by atoms with Gasteiger partial charge in [0, 0.05) is 0 Å². The first kappa shape index (κ1) is 15.9. The van der Waals surface area contributed by atoms with Crippen LogP contribution < -0.4 is 5.73 Å². The van der Waals surface area contributed by atoms with Crippen LogP contribution in [0.3, 0.4) is 0 Å². The highest BCUT2D eigenvalue weighted by Crippen LogP contribution is 1.68. The summed E-state index contributed by atoms with van der Waals surface area (Å²) in [4.78, 5) is 0. The van der Waals surface area contributed by atoms with E-state index in [1.54, 1.807) is 0 Å². The zero-order valence-electron chi connectivity index (χ0n) is 6.27. The molecule has 0 aliphatic carbocycles. The molecule has 0 atom stereocenters. The molecule has 3 heteroatoms. The lowest BCUT2D eigenvalue weighted by Crippen LogP contribution is -1.87. The Bertz CT molecular complexity index is 23.6. The maximum absolute atomic E-state index is 4.85. The normalized spacial score (nSPS) is 5.62. The lowest BCUT2D eigenvalue weighted by atomic mass is 10.8. The van der Waals surface area contributed by atoms with Crippen LogP contribution in [0, 0.1) is 0 Å². The first-order chi connectivity index (χ1) is 3.15. The van der Waals surface area contributed by atoms with Crippen LogP contribution >= 0.6 is 12.4 Å². The summed E-state index contributed by atoms with van der Waals surface area (Å²) in [5.74, 6) is 6.92. The molecule has 0 saturated carbocycles. The molecular weight excluding hydrogens is 136 g/mol. The molecule has 0 aromatic carbocycles. The fourth-order valence-corrected chi connectivity index (χ4v) is 0. The van der Waals surface area contributed by atoms with Crippen molar-refractivity contribution in [1.29, 1.82) is 0 Å². The zero-order chi connectivity index (χ0) is 6.28. The van der Waals surface area contributed by atoms with Gasteiger partial charge >= 0.3 is 0 Å². The van der Waals surface area contributed by atoms with E-state index in [0.29, 0.717) is 0 Å². The summed E-state index contributed by atoms with van der Waals surface area (Å²) in [7, 11) is 0. The fourth-order valence-electron chi connectivity index (χ4n) is 0. The molecule has 0 saturated heterocycles. The number of rotatable bonds is 0. The zero-order valence-corrected chi connectivity index (χ0v) is 8.24. The van der Waals surface area contributed by atoms with Crippen molar-refractivity contribution < 1.29 is 0 Å². The van der Waals surface area contributed by atoms with Crippen LogP contribution in [-0.2, 0) is 0 Å². The van der Waals surface area contributed by atoms with E-state index in [2.05, 4.69) is 17.4 Å². The predicted molar refractivity (Wildman–Crippen MR) is 45.3 cm³/mol. The summed E-state index contributed by atoms with van der Waals surface area (Å²) in [5, 5.41) is 0. The van der Waals surface area contributed by atoms with Gasteiger partial charge in [0.25, 0.3) is 14.1 Å². The van der Waals surface area contributed by atoms with Gasteiger partial charge in [-0.05, 0) is 6.54 Å². The van der Waals surface area contributed by atoms with Crippen molar-refractivity contribution in [3.05, 3.63) is 0 Å². The van der Waals surface area contributed by atoms with Gasteiger partial charge in [-0.3, -0.25) is 0 Å². The maximum atomic E-state index is 4.85. The standard InChI is InChI=1S/C2H7N.3CH3.Al.ClH/c1-2-3;;;;;/h2-3H2,1H3;3*1H3;;1H. The molecule has 8 heavy (non-hydrogen) atoms. The third kappa shape index (κ3) is 370. The SMILES string of the molecule is CCN.Cl.[CH3][Al]([CH3])[CH3]. The summed E-state index contributed by atoms with van der Waals surface area (Å²) in [6.07, 6.45) is 0. The average molecular weight is 154 g/mol. The molecular formula is C5H17AlClN. The summed E-state index contributed by atoms with van der Waals surface area (Å²) >= 11 is -0.139. The van der Waals surface area contributed by atoms with Crippen molar-refractivity contribution in [2.75, 3.05) is 6.54 Å². The summed E-state index contributed by atoms with van der Waals surface area (Å²) in [5.41, 5.74) is 4.85. The van der Waals surface area contributed by atoms with E-state index in [1.165, 1.54) is 0 Å². The first-order valence-electron chi connectivity index (χ1n) is 2.85. The molecule has 52 valence electrons. The monoisotopic (exact) mass is 153 g/mol. The molecule has 0 fully saturated rings. The molecule has 1 nitrogen and oxygen atoms in total. The number of nitrogens with two attached hydrogens (primary N) is 1. The summed E-state index contributed by atoms with van der Waals surface area (Å²) in [6, 6.07) is 0. The average Bonchev–Trinajstić information content (AvgIpc) is 1.33. The van der Waals surface area contributed by atoms with E-state index in [-0.39, 0.29) is 26.6 Å². The van der Waals surface area contributed by atoms with E-state index in [4.69, 9.17) is 5.73 Å². The number of halogens is 1. The number of hydrogen-bond donors (Lipinski definition) is 1. The molecule has 2 N–H and O–H groups in total. The Morgan fingerprint density at radius 3 is 1.25 bits per heavy atom. The van der Waals surface area contributed by atoms with E-state index in [9.17, 15) is 0 Å².